The zero-order chi connectivity index (χ0) is 15.5. The Morgan fingerprint density at radius 3 is 2.64 bits per heavy atom. The Morgan fingerprint density at radius 2 is 1.86 bits per heavy atom. The van der Waals surface area contributed by atoms with Crippen LogP contribution in [0.25, 0.3) is 6.08 Å². The minimum absolute atomic E-state index is 0.191. The summed E-state index contributed by atoms with van der Waals surface area (Å²) in [6, 6.07) is 11.2. The fourth-order valence-electron chi connectivity index (χ4n) is 2.08. The lowest BCUT2D eigenvalue weighted by Crippen LogP contribution is -2.12. The van der Waals surface area contributed by atoms with Gasteiger partial charge in [-0.25, -0.2) is 4.39 Å². The lowest BCUT2D eigenvalue weighted by molar-refractivity contribution is -0.112. The number of amides is 1. The molecule has 3 rings (SSSR count). The third-order valence-corrected chi connectivity index (χ3v) is 3.24. The number of benzene rings is 2. The first-order valence-electron chi connectivity index (χ1n) is 6.77. The Balaban J connectivity index is 1.72. The van der Waals surface area contributed by atoms with Gasteiger partial charge in [0.05, 0.1) is 0 Å². The van der Waals surface area contributed by atoms with Crippen molar-refractivity contribution >= 4 is 17.7 Å². The molecule has 1 aliphatic heterocycles. The van der Waals surface area contributed by atoms with Crippen molar-refractivity contribution in [2.75, 3.05) is 12.1 Å². The standard InChI is InChI=1S/C17H14FNO3/c1-11(8-12-2-4-13(18)5-3-12)17(20)19-14-6-7-15-16(9-14)22-10-21-15/h2-9H,10H2,1H3,(H,19,20)/b11-8+. The van der Waals surface area contributed by atoms with Gasteiger partial charge in [-0.2, -0.15) is 0 Å². The van der Waals surface area contributed by atoms with Crippen molar-refractivity contribution in [3.63, 3.8) is 0 Å². The summed E-state index contributed by atoms with van der Waals surface area (Å²) < 4.78 is 23.3. The van der Waals surface area contributed by atoms with Crippen molar-refractivity contribution in [2.24, 2.45) is 0 Å². The van der Waals surface area contributed by atoms with E-state index in [0.29, 0.717) is 22.8 Å². The Labute approximate surface area is 127 Å². The van der Waals surface area contributed by atoms with E-state index in [1.54, 1.807) is 43.3 Å². The summed E-state index contributed by atoms with van der Waals surface area (Å²) in [6.07, 6.45) is 1.70. The minimum Gasteiger partial charge on any atom is -0.454 e. The maximum atomic E-state index is 12.9. The number of carbonyl (C=O) groups excluding carboxylic acids is 1. The van der Waals surface area contributed by atoms with Gasteiger partial charge in [0.1, 0.15) is 5.82 Å². The van der Waals surface area contributed by atoms with Gasteiger partial charge >= 0.3 is 0 Å². The monoisotopic (exact) mass is 299 g/mol. The van der Waals surface area contributed by atoms with E-state index in [2.05, 4.69) is 5.32 Å². The van der Waals surface area contributed by atoms with E-state index in [4.69, 9.17) is 9.47 Å². The second-order valence-electron chi connectivity index (χ2n) is 4.90. The van der Waals surface area contributed by atoms with Crippen LogP contribution in [0.2, 0.25) is 0 Å². The summed E-state index contributed by atoms with van der Waals surface area (Å²) >= 11 is 0. The highest BCUT2D eigenvalue weighted by molar-refractivity contribution is 6.06. The van der Waals surface area contributed by atoms with Crippen LogP contribution in [-0.4, -0.2) is 12.7 Å². The third kappa shape index (κ3) is 3.09. The molecular formula is C17H14FNO3. The largest absolute Gasteiger partial charge is 0.454 e. The number of rotatable bonds is 3. The fourth-order valence-corrected chi connectivity index (χ4v) is 2.08. The maximum absolute atomic E-state index is 12.9. The number of carbonyl (C=O) groups is 1. The lowest BCUT2D eigenvalue weighted by atomic mass is 10.1. The Morgan fingerprint density at radius 1 is 1.14 bits per heavy atom. The van der Waals surface area contributed by atoms with Gasteiger partial charge < -0.3 is 14.8 Å². The van der Waals surface area contributed by atoms with Crippen molar-refractivity contribution < 1.29 is 18.7 Å². The first-order chi connectivity index (χ1) is 10.6. The molecule has 0 spiro atoms. The van der Waals surface area contributed by atoms with Crippen LogP contribution in [0, 0.1) is 5.82 Å². The molecule has 2 aromatic rings. The molecule has 0 radical (unpaired) electrons. The first kappa shape index (κ1) is 14.1. The smallest absolute Gasteiger partial charge is 0.251 e. The van der Waals surface area contributed by atoms with Crippen LogP contribution in [-0.2, 0) is 4.79 Å². The van der Waals surface area contributed by atoms with E-state index in [-0.39, 0.29) is 18.5 Å². The highest BCUT2D eigenvalue weighted by Gasteiger charge is 2.14. The molecule has 1 N–H and O–H groups in total. The summed E-state index contributed by atoms with van der Waals surface area (Å²) in [5.41, 5.74) is 1.91. The maximum Gasteiger partial charge on any atom is 0.251 e. The molecule has 0 atom stereocenters. The van der Waals surface area contributed by atoms with E-state index in [9.17, 15) is 9.18 Å². The summed E-state index contributed by atoms with van der Waals surface area (Å²) in [6.45, 7) is 1.89. The number of anilines is 1. The number of ether oxygens (including phenoxy) is 2. The van der Waals surface area contributed by atoms with Crippen LogP contribution in [0.1, 0.15) is 12.5 Å². The van der Waals surface area contributed by atoms with Crippen LogP contribution in [0.4, 0.5) is 10.1 Å². The molecule has 0 saturated heterocycles. The van der Waals surface area contributed by atoms with Crippen molar-refractivity contribution in [3.8, 4) is 11.5 Å². The predicted molar refractivity (Wildman–Crippen MR) is 81.2 cm³/mol. The van der Waals surface area contributed by atoms with Crippen molar-refractivity contribution in [1.82, 2.24) is 0 Å². The molecule has 1 heterocycles. The Kier molecular flexibility index (Phi) is 3.78. The number of hydrogen-bond donors (Lipinski definition) is 1. The second kappa shape index (κ2) is 5.89. The van der Waals surface area contributed by atoms with Crippen LogP contribution in [0.15, 0.2) is 48.0 Å². The number of nitrogens with one attached hydrogen (secondary N) is 1. The average Bonchev–Trinajstić information content (AvgIpc) is 2.97. The molecule has 5 heteroatoms. The highest BCUT2D eigenvalue weighted by Crippen LogP contribution is 2.34. The summed E-state index contributed by atoms with van der Waals surface area (Å²) in [4.78, 5) is 12.2. The van der Waals surface area contributed by atoms with Crippen LogP contribution < -0.4 is 14.8 Å². The Bertz CT molecular complexity index is 738. The zero-order valence-corrected chi connectivity index (χ0v) is 11.9. The van der Waals surface area contributed by atoms with Crippen molar-refractivity contribution in [2.45, 2.75) is 6.92 Å². The van der Waals surface area contributed by atoms with Crippen LogP contribution >= 0.6 is 0 Å². The third-order valence-electron chi connectivity index (χ3n) is 3.24. The van der Waals surface area contributed by atoms with E-state index in [1.165, 1.54) is 12.1 Å². The number of hydrogen-bond acceptors (Lipinski definition) is 3. The number of fused-ring (bicyclic) bond motifs is 1. The number of halogens is 1. The molecular weight excluding hydrogens is 285 g/mol. The molecule has 1 aliphatic rings. The zero-order valence-electron chi connectivity index (χ0n) is 11.9. The van der Waals surface area contributed by atoms with E-state index < -0.39 is 0 Å². The molecule has 1 amide bonds. The summed E-state index contributed by atoms with van der Waals surface area (Å²) in [5, 5.41) is 2.79. The van der Waals surface area contributed by atoms with Crippen molar-refractivity contribution in [3.05, 3.63) is 59.4 Å². The van der Waals surface area contributed by atoms with Gasteiger partial charge in [0.25, 0.3) is 5.91 Å². The fraction of sp³-hybridized carbons (Fsp3) is 0.118. The van der Waals surface area contributed by atoms with Crippen LogP contribution in [0.5, 0.6) is 11.5 Å². The topological polar surface area (TPSA) is 47.6 Å². The molecule has 0 saturated carbocycles. The van der Waals surface area contributed by atoms with Gasteiger partial charge in [-0.1, -0.05) is 12.1 Å². The molecule has 0 bridgehead atoms. The molecule has 22 heavy (non-hydrogen) atoms. The highest BCUT2D eigenvalue weighted by atomic mass is 19.1. The molecule has 0 unspecified atom stereocenters. The quantitative estimate of drug-likeness (QED) is 0.881. The molecule has 2 aromatic carbocycles. The summed E-state index contributed by atoms with van der Waals surface area (Å²) in [7, 11) is 0. The van der Waals surface area contributed by atoms with E-state index in [1.807, 2.05) is 0 Å². The van der Waals surface area contributed by atoms with Crippen molar-refractivity contribution in [1.29, 1.82) is 0 Å². The molecule has 0 fully saturated rings. The van der Waals surface area contributed by atoms with Gasteiger partial charge in [0.15, 0.2) is 11.5 Å². The molecule has 4 nitrogen and oxygen atoms in total. The minimum atomic E-state index is -0.306. The van der Waals surface area contributed by atoms with Gasteiger partial charge in [-0.3, -0.25) is 4.79 Å². The van der Waals surface area contributed by atoms with Gasteiger partial charge in [-0.15, -0.1) is 0 Å². The van der Waals surface area contributed by atoms with Crippen LogP contribution in [0.3, 0.4) is 0 Å². The van der Waals surface area contributed by atoms with Gasteiger partial charge in [0, 0.05) is 17.3 Å². The predicted octanol–water partition coefficient (Wildman–Crippen LogP) is 3.60. The molecule has 0 aliphatic carbocycles. The van der Waals surface area contributed by atoms with Gasteiger partial charge in [0.2, 0.25) is 6.79 Å². The SMILES string of the molecule is C/C(=C\c1ccc(F)cc1)C(=O)Nc1ccc2c(c1)OCO2. The normalized spacial score (nSPS) is 13.1. The molecule has 0 aromatic heterocycles. The Hall–Kier alpha value is -2.82. The van der Waals surface area contributed by atoms with Gasteiger partial charge in [-0.05, 0) is 42.8 Å². The lowest BCUT2D eigenvalue weighted by Gasteiger charge is -2.06. The average molecular weight is 299 g/mol. The second-order valence-corrected chi connectivity index (χ2v) is 4.90. The first-order valence-corrected chi connectivity index (χ1v) is 6.77. The van der Waals surface area contributed by atoms with E-state index >= 15 is 0 Å². The molecule has 112 valence electrons. The van der Waals surface area contributed by atoms with E-state index in [0.717, 1.165) is 5.56 Å². The summed E-state index contributed by atoms with van der Waals surface area (Å²) in [5.74, 6) is 0.734.